The molecule has 1 aromatic heterocycles. The van der Waals surface area contributed by atoms with E-state index in [1.54, 1.807) is 0 Å². The minimum Gasteiger partial charge on any atom is -0.338 e. The lowest BCUT2D eigenvalue weighted by molar-refractivity contribution is 1.01. The zero-order chi connectivity index (χ0) is 14.9. The summed E-state index contributed by atoms with van der Waals surface area (Å²) in [6, 6.07) is 22.8. The molecule has 0 fully saturated rings. The molecule has 0 spiro atoms. The van der Waals surface area contributed by atoms with Crippen molar-refractivity contribution in [2.45, 2.75) is 6.92 Å². The summed E-state index contributed by atoms with van der Waals surface area (Å²) in [7, 11) is 0. The van der Waals surface area contributed by atoms with Gasteiger partial charge in [-0.05, 0) is 18.4 Å². The summed E-state index contributed by atoms with van der Waals surface area (Å²) in [6.45, 7) is 1.98. The number of anilines is 2. The molecule has 3 nitrogen and oxygen atoms in total. The summed E-state index contributed by atoms with van der Waals surface area (Å²) < 4.78 is 0. The largest absolute Gasteiger partial charge is 0.338 e. The van der Waals surface area contributed by atoms with Crippen LogP contribution in [-0.2, 0) is 0 Å². The fourth-order valence-corrected chi connectivity index (χ4v) is 2.79. The highest BCUT2D eigenvalue weighted by Gasteiger charge is 2.08. The Morgan fingerprint density at radius 2 is 1.36 bits per heavy atom. The molecule has 0 bridgehead atoms. The third-order valence-electron chi connectivity index (χ3n) is 3.91. The van der Waals surface area contributed by atoms with E-state index in [1.165, 1.54) is 10.8 Å². The van der Waals surface area contributed by atoms with Crippen LogP contribution in [0.2, 0.25) is 0 Å². The molecule has 0 saturated carbocycles. The Labute approximate surface area is 128 Å². The van der Waals surface area contributed by atoms with Crippen molar-refractivity contribution < 1.29 is 0 Å². The molecule has 1 N–H and O–H groups in total. The molecular formula is C19H15N3. The molecule has 0 unspecified atom stereocenters. The molecular weight excluding hydrogens is 270 g/mol. The van der Waals surface area contributed by atoms with Crippen molar-refractivity contribution in [3.05, 3.63) is 72.4 Å². The highest BCUT2D eigenvalue weighted by molar-refractivity contribution is 5.99. The summed E-state index contributed by atoms with van der Waals surface area (Å²) in [4.78, 5) is 0. The van der Waals surface area contributed by atoms with E-state index in [4.69, 9.17) is 0 Å². The molecule has 0 aliphatic carbocycles. The van der Waals surface area contributed by atoms with Crippen LogP contribution in [0.15, 0.2) is 66.7 Å². The van der Waals surface area contributed by atoms with E-state index in [0.29, 0.717) is 0 Å². The second kappa shape index (κ2) is 5.11. The van der Waals surface area contributed by atoms with Gasteiger partial charge >= 0.3 is 0 Å². The number of hydrogen-bond acceptors (Lipinski definition) is 3. The minimum atomic E-state index is 0.789. The normalized spacial score (nSPS) is 11.0. The quantitative estimate of drug-likeness (QED) is 0.573. The van der Waals surface area contributed by atoms with E-state index in [2.05, 4.69) is 58.0 Å². The van der Waals surface area contributed by atoms with Crippen LogP contribution in [0.4, 0.5) is 11.5 Å². The van der Waals surface area contributed by atoms with E-state index < -0.39 is 0 Å². The van der Waals surface area contributed by atoms with E-state index in [1.807, 2.05) is 31.2 Å². The van der Waals surface area contributed by atoms with Gasteiger partial charge in [0, 0.05) is 21.8 Å². The monoisotopic (exact) mass is 285 g/mol. The summed E-state index contributed by atoms with van der Waals surface area (Å²) >= 11 is 0. The van der Waals surface area contributed by atoms with Crippen molar-refractivity contribution >= 4 is 33.1 Å². The number of benzene rings is 3. The van der Waals surface area contributed by atoms with Crippen molar-refractivity contribution in [1.82, 2.24) is 10.2 Å². The second-order valence-corrected chi connectivity index (χ2v) is 5.33. The van der Waals surface area contributed by atoms with Crippen molar-refractivity contribution in [3.63, 3.8) is 0 Å². The van der Waals surface area contributed by atoms with Gasteiger partial charge in [-0.2, -0.15) is 5.10 Å². The SMILES string of the molecule is Cc1nnc(Nc2cccc3ccccc23)c2ccccc12. The number of hydrogen-bond donors (Lipinski definition) is 1. The molecule has 3 aromatic carbocycles. The van der Waals surface area contributed by atoms with Gasteiger partial charge in [0.25, 0.3) is 0 Å². The molecule has 0 saturated heterocycles. The van der Waals surface area contributed by atoms with Gasteiger partial charge in [-0.15, -0.1) is 5.10 Å². The molecule has 0 radical (unpaired) electrons. The number of rotatable bonds is 2. The second-order valence-electron chi connectivity index (χ2n) is 5.33. The van der Waals surface area contributed by atoms with Gasteiger partial charge in [-0.3, -0.25) is 0 Å². The van der Waals surface area contributed by atoms with Crippen molar-refractivity contribution in [2.75, 3.05) is 5.32 Å². The van der Waals surface area contributed by atoms with Gasteiger partial charge in [-0.1, -0.05) is 60.7 Å². The van der Waals surface area contributed by atoms with Crippen LogP contribution in [0, 0.1) is 6.92 Å². The van der Waals surface area contributed by atoms with E-state index in [9.17, 15) is 0 Å². The topological polar surface area (TPSA) is 37.8 Å². The predicted octanol–water partition coefficient (Wildman–Crippen LogP) is 4.84. The molecule has 0 aliphatic heterocycles. The molecule has 3 heteroatoms. The molecule has 106 valence electrons. The first-order valence-corrected chi connectivity index (χ1v) is 7.30. The number of aromatic nitrogens is 2. The Kier molecular flexibility index (Phi) is 2.97. The van der Waals surface area contributed by atoms with Crippen LogP contribution < -0.4 is 5.32 Å². The van der Waals surface area contributed by atoms with Gasteiger partial charge in [0.05, 0.1) is 5.69 Å². The Morgan fingerprint density at radius 3 is 2.23 bits per heavy atom. The number of nitrogens with zero attached hydrogens (tertiary/aromatic N) is 2. The third kappa shape index (κ3) is 2.07. The lowest BCUT2D eigenvalue weighted by Crippen LogP contribution is -1.99. The maximum atomic E-state index is 4.35. The Morgan fingerprint density at radius 1 is 0.682 bits per heavy atom. The van der Waals surface area contributed by atoms with Gasteiger partial charge in [-0.25, -0.2) is 0 Å². The van der Waals surface area contributed by atoms with Crippen molar-refractivity contribution in [2.24, 2.45) is 0 Å². The highest BCUT2D eigenvalue weighted by Crippen LogP contribution is 2.29. The van der Waals surface area contributed by atoms with Crippen LogP contribution in [0.25, 0.3) is 21.5 Å². The van der Waals surface area contributed by atoms with Gasteiger partial charge in [0.2, 0.25) is 0 Å². The molecule has 0 aliphatic rings. The fourth-order valence-electron chi connectivity index (χ4n) is 2.79. The highest BCUT2D eigenvalue weighted by atomic mass is 15.2. The minimum absolute atomic E-state index is 0.789. The number of nitrogens with one attached hydrogen (secondary N) is 1. The lowest BCUT2D eigenvalue weighted by atomic mass is 10.1. The fraction of sp³-hybridized carbons (Fsp3) is 0.0526. The van der Waals surface area contributed by atoms with Crippen LogP contribution >= 0.6 is 0 Å². The van der Waals surface area contributed by atoms with E-state index in [0.717, 1.165) is 28.0 Å². The van der Waals surface area contributed by atoms with Crippen molar-refractivity contribution in [3.8, 4) is 0 Å². The predicted molar refractivity (Wildman–Crippen MR) is 91.5 cm³/mol. The van der Waals surface area contributed by atoms with Gasteiger partial charge in [0.1, 0.15) is 0 Å². The standard InChI is InChI=1S/C19H15N3/c1-13-15-9-4-5-11-17(15)19(22-21-13)20-18-12-6-8-14-7-2-3-10-16(14)18/h2-12H,1H3,(H,20,22). The maximum absolute atomic E-state index is 4.35. The van der Waals surface area contributed by atoms with Gasteiger partial charge in [0.15, 0.2) is 5.82 Å². The Bertz CT molecular complexity index is 971. The average Bonchev–Trinajstić information content (AvgIpc) is 2.58. The van der Waals surface area contributed by atoms with Crippen LogP contribution in [0.1, 0.15) is 5.69 Å². The van der Waals surface area contributed by atoms with E-state index >= 15 is 0 Å². The summed E-state index contributed by atoms with van der Waals surface area (Å²) in [5, 5.41) is 16.7. The molecule has 4 rings (SSSR count). The zero-order valence-electron chi connectivity index (χ0n) is 12.2. The summed E-state index contributed by atoms with van der Waals surface area (Å²) in [6.07, 6.45) is 0. The zero-order valence-corrected chi connectivity index (χ0v) is 12.2. The first-order chi connectivity index (χ1) is 10.8. The first-order valence-electron chi connectivity index (χ1n) is 7.30. The molecule has 22 heavy (non-hydrogen) atoms. The van der Waals surface area contributed by atoms with Crippen LogP contribution in [0.5, 0.6) is 0 Å². The van der Waals surface area contributed by atoms with Crippen LogP contribution in [-0.4, -0.2) is 10.2 Å². The molecule has 0 atom stereocenters. The Balaban J connectivity index is 1.88. The third-order valence-corrected chi connectivity index (χ3v) is 3.91. The molecule has 1 heterocycles. The molecule has 4 aromatic rings. The summed E-state index contributed by atoms with van der Waals surface area (Å²) in [5.74, 6) is 0.789. The number of fused-ring (bicyclic) bond motifs is 2. The van der Waals surface area contributed by atoms with E-state index in [-0.39, 0.29) is 0 Å². The molecule has 0 amide bonds. The van der Waals surface area contributed by atoms with Gasteiger partial charge < -0.3 is 5.32 Å². The summed E-state index contributed by atoms with van der Waals surface area (Å²) in [5.41, 5.74) is 1.99. The maximum Gasteiger partial charge on any atom is 0.161 e. The van der Waals surface area contributed by atoms with Crippen molar-refractivity contribution in [1.29, 1.82) is 0 Å². The lowest BCUT2D eigenvalue weighted by Gasteiger charge is -2.11. The smallest absolute Gasteiger partial charge is 0.161 e. The van der Waals surface area contributed by atoms with Crippen LogP contribution in [0.3, 0.4) is 0 Å². The average molecular weight is 285 g/mol. The Hall–Kier alpha value is -2.94. The number of aryl methyl sites for hydroxylation is 1. The first kappa shape index (κ1) is 12.8.